The van der Waals surface area contributed by atoms with Crippen LogP contribution >= 0.6 is 11.6 Å². The van der Waals surface area contributed by atoms with E-state index in [1.54, 1.807) is 30.3 Å². The number of fused-ring (bicyclic) bond motifs is 2. The maximum atomic E-state index is 12.7. The Kier molecular flexibility index (Phi) is 3.52. The van der Waals surface area contributed by atoms with Gasteiger partial charge in [0.1, 0.15) is 4.90 Å². The number of anilines is 1. The number of nitrogens with two attached hydrogens (primary N) is 1. The molecule has 0 fully saturated rings. The number of halogens is 1. The number of rotatable bonds is 3. The molecule has 4 aromatic rings. The Hall–Kier alpha value is -2.84. The standard InChI is InChI=1S/C16H10ClN3O4S/c17-11-5-8-14(16-15(11)19-24-20-16)25(21,22)23-13-7-6-12(18)9-3-1-2-4-10(9)13/h1-8H,18H2. The molecule has 0 atom stereocenters. The minimum Gasteiger partial charge on any atom is -0.398 e. The van der Waals surface area contributed by atoms with Crippen LogP contribution in [0.5, 0.6) is 5.75 Å². The number of benzene rings is 3. The molecule has 0 saturated heterocycles. The summed E-state index contributed by atoms with van der Waals surface area (Å²) in [6, 6.07) is 12.9. The highest BCUT2D eigenvalue weighted by atomic mass is 35.5. The predicted octanol–water partition coefficient (Wildman–Crippen LogP) is 3.38. The van der Waals surface area contributed by atoms with Crippen LogP contribution in [0.3, 0.4) is 0 Å². The first-order valence-electron chi connectivity index (χ1n) is 7.10. The van der Waals surface area contributed by atoms with Crippen molar-refractivity contribution in [1.29, 1.82) is 0 Å². The van der Waals surface area contributed by atoms with Crippen molar-refractivity contribution in [3.63, 3.8) is 0 Å². The molecule has 1 heterocycles. The Balaban J connectivity index is 1.86. The average Bonchev–Trinajstić information content (AvgIpc) is 3.08. The summed E-state index contributed by atoms with van der Waals surface area (Å²) in [6.07, 6.45) is 0. The van der Waals surface area contributed by atoms with Crippen LogP contribution in [-0.2, 0) is 10.1 Å². The Morgan fingerprint density at radius 2 is 1.68 bits per heavy atom. The average molecular weight is 376 g/mol. The summed E-state index contributed by atoms with van der Waals surface area (Å²) in [4.78, 5) is -0.186. The first kappa shape index (κ1) is 15.7. The molecule has 0 saturated carbocycles. The van der Waals surface area contributed by atoms with Gasteiger partial charge in [-0.2, -0.15) is 8.42 Å². The highest BCUT2D eigenvalue weighted by Crippen LogP contribution is 2.33. The van der Waals surface area contributed by atoms with E-state index in [-0.39, 0.29) is 26.7 Å². The Labute approximate surface area is 147 Å². The van der Waals surface area contributed by atoms with E-state index in [4.69, 9.17) is 21.5 Å². The Morgan fingerprint density at radius 3 is 2.48 bits per heavy atom. The van der Waals surface area contributed by atoms with Gasteiger partial charge >= 0.3 is 10.1 Å². The van der Waals surface area contributed by atoms with Crippen molar-refractivity contribution in [2.24, 2.45) is 0 Å². The second-order valence-electron chi connectivity index (χ2n) is 5.24. The molecule has 0 spiro atoms. The van der Waals surface area contributed by atoms with Gasteiger partial charge in [0.15, 0.2) is 16.8 Å². The topological polar surface area (TPSA) is 108 Å². The van der Waals surface area contributed by atoms with Gasteiger partial charge in [-0.1, -0.05) is 35.9 Å². The maximum Gasteiger partial charge on any atom is 0.341 e. The molecule has 1 aromatic heterocycles. The van der Waals surface area contributed by atoms with E-state index in [1.807, 2.05) is 0 Å². The van der Waals surface area contributed by atoms with Crippen LogP contribution in [0.1, 0.15) is 0 Å². The normalized spacial score (nSPS) is 11.9. The number of hydrogen-bond donors (Lipinski definition) is 1. The van der Waals surface area contributed by atoms with Gasteiger partial charge in [-0.15, -0.1) is 0 Å². The van der Waals surface area contributed by atoms with Gasteiger partial charge in [-0.25, -0.2) is 4.63 Å². The van der Waals surface area contributed by atoms with Crippen LogP contribution < -0.4 is 9.92 Å². The van der Waals surface area contributed by atoms with E-state index in [2.05, 4.69) is 14.9 Å². The second-order valence-corrected chi connectivity index (χ2v) is 7.16. The summed E-state index contributed by atoms with van der Waals surface area (Å²) in [5, 5.41) is 8.72. The van der Waals surface area contributed by atoms with Gasteiger partial charge in [0.25, 0.3) is 0 Å². The summed E-state index contributed by atoms with van der Waals surface area (Å²) in [7, 11) is -4.19. The van der Waals surface area contributed by atoms with Crippen molar-refractivity contribution in [2.75, 3.05) is 5.73 Å². The molecule has 0 unspecified atom stereocenters. The quantitative estimate of drug-likeness (QED) is 0.432. The van der Waals surface area contributed by atoms with Crippen molar-refractivity contribution in [3.05, 3.63) is 53.6 Å². The molecule has 0 aliphatic rings. The molecular weight excluding hydrogens is 366 g/mol. The van der Waals surface area contributed by atoms with E-state index in [0.717, 1.165) is 0 Å². The lowest BCUT2D eigenvalue weighted by atomic mass is 10.1. The zero-order chi connectivity index (χ0) is 17.6. The lowest BCUT2D eigenvalue weighted by Crippen LogP contribution is -2.11. The van der Waals surface area contributed by atoms with Crippen molar-refractivity contribution in [2.45, 2.75) is 4.90 Å². The van der Waals surface area contributed by atoms with E-state index in [9.17, 15) is 8.42 Å². The third kappa shape index (κ3) is 2.55. The molecule has 126 valence electrons. The van der Waals surface area contributed by atoms with Crippen LogP contribution in [0, 0.1) is 0 Å². The fourth-order valence-electron chi connectivity index (χ4n) is 2.55. The third-order valence-electron chi connectivity index (χ3n) is 3.72. The molecule has 7 nitrogen and oxygen atoms in total. The van der Waals surface area contributed by atoms with Crippen LogP contribution in [0.2, 0.25) is 5.02 Å². The summed E-state index contributed by atoms with van der Waals surface area (Å²) in [5.74, 6) is 0.157. The van der Waals surface area contributed by atoms with Crippen molar-refractivity contribution in [3.8, 4) is 5.75 Å². The van der Waals surface area contributed by atoms with Gasteiger partial charge in [0.05, 0.1) is 5.02 Å². The molecule has 0 aliphatic heterocycles. The summed E-state index contributed by atoms with van der Waals surface area (Å²) in [6.45, 7) is 0. The predicted molar refractivity (Wildman–Crippen MR) is 93.0 cm³/mol. The Morgan fingerprint density at radius 1 is 0.960 bits per heavy atom. The van der Waals surface area contributed by atoms with Crippen LogP contribution in [-0.4, -0.2) is 18.7 Å². The second kappa shape index (κ2) is 5.61. The van der Waals surface area contributed by atoms with Gasteiger partial charge in [0, 0.05) is 16.5 Å². The summed E-state index contributed by atoms with van der Waals surface area (Å²) in [5.41, 5.74) is 6.60. The fourth-order valence-corrected chi connectivity index (χ4v) is 3.81. The van der Waals surface area contributed by atoms with Gasteiger partial charge < -0.3 is 9.92 Å². The Bertz CT molecular complexity index is 1220. The lowest BCUT2D eigenvalue weighted by molar-refractivity contribution is 0.315. The molecule has 0 radical (unpaired) electrons. The minimum absolute atomic E-state index is 0.00671. The van der Waals surface area contributed by atoms with E-state index < -0.39 is 10.1 Å². The molecule has 2 N–H and O–H groups in total. The molecule has 4 rings (SSSR count). The van der Waals surface area contributed by atoms with Crippen molar-refractivity contribution in [1.82, 2.24) is 10.3 Å². The third-order valence-corrected chi connectivity index (χ3v) is 5.29. The first-order chi connectivity index (χ1) is 12.0. The summed E-state index contributed by atoms with van der Waals surface area (Å²) < 4.78 is 35.4. The SMILES string of the molecule is Nc1ccc(OS(=O)(=O)c2ccc(Cl)c3nonc23)c2ccccc12. The molecule has 25 heavy (non-hydrogen) atoms. The molecule has 9 heteroatoms. The number of hydrogen-bond acceptors (Lipinski definition) is 7. The molecule has 0 bridgehead atoms. The van der Waals surface area contributed by atoms with Gasteiger partial charge in [0.2, 0.25) is 0 Å². The molecule has 3 aromatic carbocycles. The lowest BCUT2D eigenvalue weighted by Gasteiger charge is -2.11. The highest BCUT2D eigenvalue weighted by Gasteiger charge is 2.25. The highest BCUT2D eigenvalue weighted by molar-refractivity contribution is 7.87. The smallest absolute Gasteiger partial charge is 0.341 e. The fraction of sp³-hybridized carbons (Fsp3) is 0. The summed E-state index contributed by atoms with van der Waals surface area (Å²) >= 11 is 5.96. The zero-order valence-electron chi connectivity index (χ0n) is 12.5. The zero-order valence-corrected chi connectivity index (χ0v) is 14.1. The number of aromatic nitrogens is 2. The van der Waals surface area contributed by atoms with E-state index >= 15 is 0 Å². The van der Waals surface area contributed by atoms with Crippen LogP contribution in [0.15, 0.2) is 58.1 Å². The maximum absolute atomic E-state index is 12.7. The first-order valence-corrected chi connectivity index (χ1v) is 8.88. The molecular formula is C16H10ClN3O4S. The van der Waals surface area contributed by atoms with E-state index in [1.165, 1.54) is 18.2 Å². The number of nitrogen functional groups attached to an aromatic ring is 1. The van der Waals surface area contributed by atoms with Gasteiger partial charge in [-0.05, 0) is 34.6 Å². The number of nitrogens with zero attached hydrogens (tertiary/aromatic N) is 2. The molecule has 0 aliphatic carbocycles. The van der Waals surface area contributed by atoms with Crippen molar-refractivity contribution >= 4 is 49.2 Å². The van der Waals surface area contributed by atoms with Crippen molar-refractivity contribution < 1.29 is 17.2 Å². The minimum atomic E-state index is -4.19. The van der Waals surface area contributed by atoms with Gasteiger partial charge in [-0.3, -0.25) is 0 Å². The van der Waals surface area contributed by atoms with Crippen LogP contribution in [0.4, 0.5) is 5.69 Å². The van der Waals surface area contributed by atoms with Crippen LogP contribution in [0.25, 0.3) is 21.8 Å². The monoisotopic (exact) mass is 375 g/mol. The van der Waals surface area contributed by atoms with E-state index in [0.29, 0.717) is 16.5 Å². The largest absolute Gasteiger partial charge is 0.398 e. The molecule has 0 amide bonds.